The first kappa shape index (κ1) is 16.9. The van der Waals surface area contributed by atoms with E-state index >= 15 is 0 Å². The van der Waals surface area contributed by atoms with Gasteiger partial charge in [-0.2, -0.15) is 4.98 Å². The Labute approximate surface area is 147 Å². The van der Waals surface area contributed by atoms with Crippen molar-refractivity contribution in [3.05, 3.63) is 59.7 Å². The maximum Gasteiger partial charge on any atom is 0.240 e. The van der Waals surface area contributed by atoms with Crippen LogP contribution in [0.25, 0.3) is 10.8 Å². The second-order valence-electron chi connectivity index (χ2n) is 6.13. The zero-order chi connectivity index (χ0) is 15.6. The van der Waals surface area contributed by atoms with Crippen molar-refractivity contribution in [3.63, 3.8) is 0 Å². The maximum absolute atomic E-state index is 5.53. The van der Waals surface area contributed by atoms with Crippen LogP contribution in [0.15, 0.2) is 47.0 Å². The SMILES string of the molecule is Cl.NCc1nc(CN(Cc2ccc3ccccc3c2)C2CC2)no1. The number of nitrogens with two attached hydrogens (primary N) is 1. The predicted molar refractivity (Wildman–Crippen MR) is 95.7 cm³/mol. The highest BCUT2D eigenvalue weighted by Gasteiger charge is 2.30. The van der Waals surface area contributed by atoms with Crippen molar-refractivity contribution >= 4 is 23.2 Å². The Morgan fingerprint density at radius 3 is 2.58 bits per heavy atom. The van der Waals surface area contributed by atoms with E-state index in [0.717, 1.165) is 12.4 Å². The highest BCUT2D eigenvalue weighted by atomic mass is 35.5. The van der Waals surface area contributed by atoms with E-state index in [9.17, 15) is 0 Å². The third kappa shape index (κ3) is 3.75. The van der Waals surface area contributed by atoms with Crippen molar-refractivity contribution in [1.29, 1.82) is 0 Å². The lowest BCUT2D eigenvalue weighted by molar-refractivity contribution is 0.235. The number of halogens is 1. The Bertz CT molecular complexity index is 815. The molecule has 0 radical (unpaired) electrons. The maximum atomic E-state index is 5.53. The Kier molecular flexibility index (Phi) is 5.14. The number of hydrogen-bond acceptors (Lipinski definition) is 5. The minimum atomic E-state index is 0. The summed E-state index contributed by atoms with van der Waals surface area (Å²) in [6.45, 7) is 1.91. The average Bonchev–Trinajstić information content (AvgIpc) is 3.34. The third-order valence-electron chi connectivity index (χ3n) is 4.29. The highest BCUT2D eigenvalue weighted by molar-refractivity contribution is 5.85. The number of aromatic nitrogens is 2. The van der Waals surface area contributed by atoms with E-state index < -0.39 is 0 Å². The summed E-state index contributed by atoms with van der Waals surface area (Å²) in [7, 11) is 0. The fourth-order valence-electron chi connectivity index (χ4n) is 2.94. The standard InChI is InChI=1S/C18H20N4O.ClH/c19-10-18-20-17(21-23-18)12-22(16-7-8-16)11-13-5-6-14-3-1-2-4-15(14)9-13;/h1-6,9,16H,7-8,10-12,19H2;1H. The molecule has 1 saturated carbocycles. The second kappa shape index (κ2) is 7.30. The normalized spacial score (nSPS) is 14.1. The number of rotatable bonds is 6. The molecule has 1 fully saturated rings. The van der Waals surface area contributed by atoms with Crippen LogP contribution < -0.4 is 5.73 Å². The number of nitrogens with zero attached hydrogens (tertiary/aromatic N) is 3. The van der Waals surface area contributed by atoms with E-state index in [4.69, 9.17) is 10.3 Å². The molecule has 0 bridgehead atoms. The molecule has 1 aliphatic carbocycles. The minimum Gasteiger partial charge on any atom is -0.338 e. The van der Waals surface area contributed by atoms with Gasteiger partial charge in [0, 0.05) is 12.6 Å². The van der Waals surface area contributed by atoms with Crippen LogP contribution in [-0.4, -0.2) is 21.1 Å². The van der Waals surface area contributed by atoms with Crippen molar-refractivity contribution in [2.24, 2.45) is 5.73 Å². The van der Waals surface area contributed by atoms with Gasteiger partial charge in [0.25, 0.3) is 0 Å². The van der Waals surface area contributed by atoms with Gasteiger partial charge in [-0.25, -0.2) is 0 Å². The van der Waals surface area contributed by atoms with Crippen LogP contribution in [0.1, 0.15) is 30.1 Å². The summed E-state index contributed by atoms with van der Waals surface area (Å²) < 4.78 is 5.11. The smallest absolute Gasteiger partial charge is 0.240 e. The Hall–Kier alpha value is -1.95. The molecular formula is C18H21ClN4O. The van der Waals surface area contributed by atoms with Crippen LogP contribution in [0.4, 0.5) is 0 Å². The topological polar surface area (TPSA) is 68.2 Å². The molecule has 3 aromatic rings. The molecule has 0 spiro atoms. The fraction of sp³-hybridized carbons (Fsp3) is 0.333. The van der Waals surface area contributed by atoms with Crippen LogP contribution in [0.5, 0.6) is 0 Å². The van der Waals surface area contributed by atoms with Crippen LogP contribution in [0.2, 0.25) is 0 Å². The average molecular weight is 345 g/mol. The van der Waals surface area contributed by atoms with E-state index in [-0.39, 0.29) is 12.4 Å². The van der Waals surface area contributed by atoms with Crippen molar-refractivity contribution in [3.8, 4) is 0 Å². The van der Waals surface area contributed by atoms with Crippen LogP contribution in [-0.2, 0) is 19.6 Å². The molecule has 24 heavy (non-hydrogen) atoms. The molecule has 4 rings (SSSR count). The van der Waals surface area contributed by atoms with Gasteiger partial charge in [0.2, 0.25) is 5.89 Å². The summed E-state index contributed by atoms with van der Waals surface area (Å²) >= 11 is 0. The van der Waals surface area contributed by atoms with Gasteiger partial charge in [-0.15, -0.1) is 12.4 Å². The molecule has 0 unspecified atom stereocenters. The van der Waals surface area contributed by atoms with Gasteiger partial charge < -0.3 is 10.3 Å². The molecule has 1 aromatic heterocycles. The molecule has 0 atom stereocenters. The monoisotopic (exact) mass is 344 g/mol. The van der Waals surface area contributed by atoms with Crippen molar-refractivity contribution in [2.45, 2.75) is 38.5 Å². The minimum absolute atomic E-state index is 0. The Balaban J connectivity index is 0.00000169. The summed E-state index contributed by atoms with van der Waals surface area (Å²) in [6.07, 6.45) is 2.49. The van der Waals surface area contributed by atoms with Crippen molar-refractivity contribution in [1.82, 2.24) is 15.0 Å². The first-order valence-corrected chi connectivity index (χ1v) is 8.05. The summed E-state index contributed by atoms with van der Waals surface area (Å²) in [5.41, 5.74) is 6.85. The lowest BCUT2D eigenvalue weighted by Crippen LogP contribution is -2.25. The fourth-order valence-corrected chi connectivity index (χ4v) is 2.94. The molecule has 5 nitrogen and oxygen atoms in total. The Morgan fingerprint density at radius 2 is 1.88 bits per heavy atom. The largest absolute Gasteiger partial charge is 0.338 e. The summed E-state index contributed by atoms with van der Waals surface area (Å²) in [6, 6.07) is 15.8. The van der Waals surface area contributed by atoms with Gasteiger partial charge in [-0.3, -0.25) is 4.90 Å². The van der Waals surface area contributed by atoms with Gasteiger partial charge >= 0.3 is 0 Å². The number of hydrogen-bond donors (Lipinski definition) is 1. The molecule has 2 aromatic carbocycles. The quantitative estimate of drug-likeness (QED) is 0.743. The predicted octanol–water partition coefficient (Wildman–Crippen LogP) is 3.27. The molecule has 0 aliphatic heterocycles. The van der Waals surface area contributed by atoms with Gasteiger partial charge in [-0.05, 0) is 35.2 Å². The lowest BCUT2D eigenvalue weighted by Gasteiger charge is -2.20. The highest BCUT2D eigenvalue weighted by Crippen LogP contribution is 2.30. The van der Waals surface area contributed by atoms with Gasteiger partial charge in [0.15, 0.2) is 5.82 Å². The van der Waals surface area contributed by atoms with Crippen molar-refractivity contribution in [2.75, 3.05) is 0 Å². The molecule has 1 aliphatic rings. The molecule has 2 N–H and O–H groups in total. The third-order valence-corrected chi connectivity index (χ3v) is 4.29. The van der Waals surface area contributed by atoms with Crippen molar-refractivity contribution < 1.29 is 4.52 Å². The van der Waals surface area contributed by atoms with E-state index in [2.05, 4.69) is 57.5 Å². The number of fused-ring (bicyclic) bond motifs is 1. The zero-order valence-electron chi connectivity index (χ0n) is 13.4. The van der Waals surface area contributed by atoms with Crippen LogP contribution >= 0.6 is 12.4 Å². The van der Waals surface area contributed by atoms with Gasteiger partial charge in [0.05, 0.1) is 13.1 Å². The van der Waals surface area contributed by atoms with E-state index in [1.165, 1.54) is 29.2 Å². The molecular weight excluding hydrogens is 324 g/mol. The lowest BCUT2D eigenvalue weighted by atomic mass is 10.1. The second-order valence-corrected chi connectivity index (χ2v) is 6.13. The van der Waals surface area contributed by atoms with E-state index in [1.807, 2.05) is 0 Å². The number of benzene rings is 2. The summed E-state index contributed by atoms with van der Waals surface area (Å²) in [5, 5.41) is 6.58. The van der Waals surface area contributed by atoms with E-state index in [0.29, 0.717) is 25.0 Å². The first-order chi connectivity index (χ1) is 11.3. The summed E-state index contributed by atoms with van der Waals surface area (Å²) in [4.78, 5) is 6.75. The molecule has 0 saturated heterocycles. The Morgan fingerprint density at radius 1 is 1.08 bits per heavy atom. The van der Waals surface area contributed by atoms with Gasteiger partial charge in [-0.1, -0.05) is 41.6 Å². The summed E-state index contributed by atoms with van der Waals surface area (Å²) in [5.74, 6) is 1.22. The molecule has 1 heterocycles. The zero-order valence-corrected chi connectivity index (χ0v) is 14.2. The molecule has 0 amide bonds. The van der Waals surface area contributed by atoms with Crippen LogP contribution in [0.3, 0.4) is 0 Å². The first-order valence-electron chi connectivity index (χ1n) is 8.05. The van der Waals surface area contributed by atoms with Gasteiger partial charge in [0.1, 0.15) is 0 Å². The van der Waals surface area contributed by atoms with Crippen LogP contribution in [0, 0.1) is 0 Å². The molecule has 126 valence electrons. The molecule has 6 heteroatoms. The van der Waals surface area contributed by atoms with E-state index in [1.54, 1.807) is 0 Å².